The first-order chi connectivity index (χ1) is 8.79. The van der Waals surface area contributed by atoms with Crippen molar-refractivity contribution in [1.29, 1.82) is 5.26 Å². The molecule has 0 saturated carbocycles. The number of benzene rings is 1. The quantitative estimate of drug-likeness (QED) is 0.801. The van der Waals surface area contributed by atoms with E-state index in [1.165, 1.54) is 0 Å². The van der Waals surface area contributed by atoms with Crippen molar-refractivity contribution in [3.63, 3.8) is 0 Å². The third-order valence-electron chi connectivity index (χ3n) is 2.59. The van der Waals surface area contributed by atoms with Crippen LogP contribution in [0.5, 0.6) is 0 Å². The van der Waals surface area contributed by atoms with Crippen LogP contribution in [-0.4, -0.2) is 11.5 Å². The zero-order valence-corrected chi connectivity index (χ0v) is 9.93. The molecule has 18 heavy (non-hydrogen) atoms. The van der Waals surface area contributed by atoms with E-state index in [1.54, 1.807) is 18.3 Å². The van der Waals surface area contributed by atoms with Crippen LogP contribution in [-0.2, 0) is 6.42 Å². The normalized spacial score (nSPS) is 9.72. The van der Waals surface area contributed by atoms with Crippen LogP contribution in [0.25, 0.3) is 0 Å². The summed E-state index contributed by atoms with van der Waals surface area (Å²) in [6, 6.07) is 13.4. The smallest absolute Gasteiger partial charge is 0.143 e. The Morgan fingerprint density at radius 3 is 2.94 bits per heavy atom. The molecule has 1 aromatic heterocycles. The number of nitrogens with two attached hydrogens (primary N) is 1. The molecule has 0 unspecified atom stereocenters. The maximum Gasteiger partial charge on any atom is 0.143 e. The second kappa shape index (κ2) is 5.69. The first kappa shape index (κ1) is 11.9. The van der Waals surface area contributed by atoms with Crippen LogP contribution in [0.15, 0.2) is 42.6 Å². The van der Waals surface area contributed by atoms with E-state index in [4.69, 9.17) is 11.0 Å². The highest BCUT2D eigenvalue weighted by Gasteiger charge is 2.01. The Kier molecular flexibility index (Phi) is 3.77. The Hall–Kier alpha value is -2.54. The lowest BCUT2D eigenvalue weighted by molar-refractivity contribution is 1.01. The number of aromatic nitrogens is 1. The summed E-state index contributed by atoms with van der Waals surface area (Å²) in [6.45, 7) is 0.717. The summed E-state index contributed by atoms with van der Waals surface area (Å²) in [5, 5.41) is 12.1. The van der Waals surface area contributed by atoms with E-state index >= 15 is 0 Å². The molecule has 2 rings (SSSR count). The maximum absolute atomic E-state index is 8.92. The fourth-order valence-corrected chi connectivity index (χ4v) is 1.71. The summed E-state index contributed by atoms with van der Waals surface area (Å²) in [4.78, 5) is 4.14. The van der Waals surface area contributed by atoms with Crippen molar-refractivity contribution in [1.82, 2.24) is 4.98 Å². The number of hydrogen-bond donors (Lipinski definition) is 2. The monoisotopic (exact) mass is 238 g/mol. The van der Waals surface area contributed by atoms with Crippen LogP contribution < -0.4 is 11.1 Å². The van der Waals surface area contributed by atoms with Gasteiger partial charge in [0.2, 0.25) is 0 Å². The fraction of sp³-hybridized carbons (Fsp3) is 0.143. The predicted molar refractivity (Wildman–Crippen MR) is 72.0 cm³/mol. The number of nitrogens with one attached hydrogen (secondary N) is 1. The molecule has 0 radical (unpaired) electrons. The molecular formula is C14H14N4. The predicted octanol–water partition coefficient (Wildman–Crippen LogP) is 2.19. The molecule has 4 heteroatoms. The molecule has 0 bridgehead atoms. The molecule has 0 amide bonds. The van der Waals surface area contributed by atoms with Gasteiger partial charge in [-0.25, -0.2) is 4.98 Å². The van der Waals surface area contributed by atoms with Crippen LogP contribution in [0.3, 0.4) is 0 Å². The van der Waals surface area contributed by atoms with Gasteiger partial charge in [0, 0.05) is 18.4 Å². The van der Waals surface area contributed by atoms with E-state index in [0.29, 0.717) is 11.4 Å². The third-order valence-corrected chi connectivity index (χ3v) is 2.59. The van der Waals surface area contributed by atoms with Crippen molar-refractivity contribution in [3.05, 3.63) is 53.7 Å². The molecule has 1 heterocycles. The van der Waals surface area contributed by atoms with E-state index in [-0.39, 0.29) is 0 Å². The van der Waals surface area contributed by atoms with E-state index in [0.717, 1.165) is 24.2 Å². The Labute approximate surface area is 106 Å². The molecule has 3 N–H and O–H groups in total. The lowest BCUT2D eigenvalue weighted by Crippen LogP contribution is -2.07. The minimum absolute atomic E-state index is 0.560. The maximum atomic E-state index is 8.92. The van der Waals surface area contributed by atoms with Gasteiger partial charge in [0.25, 0.3) is 0 Å². The molecule has 90 valence electrons. The van der Waals surface area contributed by atoms with Crippen LogP contribution in [0.1, 0.15) is 11.1 Å². The molecule has 4 nitrogen and oxygen atoms in total. The minimum Gasteiger partial charge on any atom is -0.399 e. The minimum atomic E-state index is 0.560. The zero-order chi connectivity index (χ0) is 12.8. The SMILES string of the molecule is N#Cc1cccnc1NCCc1cccc(N)c1. The molecule has 0 saturated heterocycles. The number of rotatable bonds is 4. The topological polar surface area (TPSA) is 74.7 Å². The Morgan fingerprint density at radius 1 is 1.28 bits per heavy atom. The van der Waals surface area contributed by atoms with Crippen LogP contribution in [0, 0.1) is 11.3 Å². The lowest BCUT2D eigenvalue weighted by atomic mass is 10.1. The molecule has 0 aliphatic rings. The molecule has 0 aliphatic heterocycles. The summed E-state index contributed by atoms with van der Waals surface area (Å²) in [7, 11) is 0. The highest BCUT2D eigenvalue weighted by molar-refractivity contribution is 5.51. The molecule has 0 aliphatic carbocycles. The largest absolute Gasteiger partial charge is 0.399 e. The van der Waals surface area contributed by atoms with Gasteiger partial charge in [-0.15, -0.1) is 0 Å². The summed E-state index contributed by atoms with van der Waals surface area (Å²) in [5.41, 5.74) is 8.20. The molecule has 0 spiro atoms. The van der Waals surface area contributed by atoms with Crippen molar-refractivity contribution in [2.75, 3.05) is 17.6 Å². The number of nitriles is 1. The summed E-state index contributed by atoms with van der Waals surface area (Å²) in [5.74, 6) is 0.629. The highest BCUT2D eigenvalue weighted by Crippen LogP contribution is 2.11. The van der Waals surface area contributed by atoms with Crippen LogP contribution >= 0.6 is 0 Å². The molecule has 0 fully saturated rings. The van der Waals surface area contributed by atoms with Crippen LogP contribution in [0.4, 0.5) is 11.5 Å². The average Bonchev–Trinajstić information content (AvgIpc) is 2.39. The van der Waals surface area contributed by atoms with Gasteiger partial charge in [0.15, 0.2) is 0 Å². The highest BCUT2D eigenvalue weighted by atomic mass is 15.0. The summed E-state index contributed by atoms with van der Waals surface area (Å²) in [6.07, 6.45) is 2.51. The fourth-order valence-electron chi connectivity index (χ4n) is 1.71. The average molecular weight is 238 g/mol. The standard InChI is InChI=1S/C14H14N4/c15-10-12-4-2-7-17-14(12)18-8-6-11-3-1-5-13(16)9-11/h1-5,7,9H,6,8,16H2,(H,17,18). The van der Waals surface area contributed by atoms with Gasteiger partial charge >= 0.3 is 0 Å². The summed E-state index contributed by atoms with van der Waals surface area (Å²) < 4.78 is 0. The van der Waals surface area contributed by atoms with Crippen molar-refractivity contribution in [3.8, 4) is 6.07 Å². The first-order valence-electron chi connectivity index (χ1n) is 5.73. The molecule has 0 atom stereocenters. The van der Waals surface area contributed by atoms with E-state index in [9.17, 15) is 0 Å². The van der Waals surface area contributed by atoms with Gasteiger partial charge in [-0.3, -0.25) is 0 Å². The van der Waals surface area contributed by atoms with E-state index < -0.39 is 0 Å². The van der Waals surface area contributed by atoms with Gasteiger partial charge < -0.3 is 11.1 Å². The number of nitrogens with zero attached hydrogens (tertiary/aromatic N) is 2. The first-order valence-corrected chi connectivity index (χ1v) is 5.73. The lowest BCUT2D eigenvalue weighted by Gasteiger charge is -2.07. The van der Waals surface area contributed by atoms with Crippen molar-refractivity contribution in [2.45, 2.75) is 6.42 Å². The van der Waals surface area contributed by atoms with E-state index in [1.807, 2.05) is 24.3 Å². The third kappa shape index (κ3) is 2.98. The Bertz CT molecular complexity index is 572. The van der Waals surface area contributed by atoms with Gasteiger partial charge in [0.1, 0.15) is 11.9 Å². The van der Waals surface area contributed by atoms with Gasteiger partial charge in [0.05, 0.1) is 5.56 Å². The zero-order valence-electron chi connectivity index (χ0n) is 9.93. The summed E-state index contributed by atoms with van der Waals surface area (Å²) >= 11 is 0. The van der Waals surface area contributed by atoms with Crippen molar-refractivity contribution >= 4 is 11.5 Å². The molecular weight excluding hydrogens is 224 g/mol. The number of pyridine rings is 1. The molecule has 2 aromatic rings. The Balaban J connectivity index is 1.95. The number of anilines is 2. The van der Waals surface area contributed by atoms with Gasteiger partial charge in [-0.1, -0.05) is 12.1 Å². The van der Waals surface area contributed by atoms with E-state index in [2.05, 4.69) is 16.4 Å². The van der Waals surface area contributed by atoms with Crippen molar-refractivity contribution in [2.24, 2.45) is 0 Å². The van der Waals surface area contributed by atoms with Crippen molar-refractivity contribution < 1.29 is 0 Å². The second-order valence-corrected chi connectivity index (χ2v) is 3.93. The number of nitrogen functional groups attached to an aromatic ring is 1. The molecule has 1 aromatic carbocycles. The van der Waals surface area contributed by atoms with Gasteiger partial charge in [-0.05, 0) is 36.2 Å². The Morgan fingerprint density at radius 2 is 2.17 bits per heavy atom. The van der Waals surface area contributed by atoms with Gasteiger partial charge in [-0.2, -0.15) is 5.26 Å². The number of hydrogen-bond acceptors (Lipinski definition) is 4. The second-order valence-electron chi connectivity index (χ2n) is 3.93. The van der Waals surface area contributed by atoms with Crippen LogP contribution in [0.2, 0.25) is 0 Å².